The third-order valence-electron chi connectivity index (χ3n) is 2.20. The number of guanidine groups is 1. The number of benzene rings is 1. The molecule has 0 radical (unpaired) electrons. The van der Waals surface area contributed by atoms with Gasteiger partial charge in [-0.3, -0.25) is 0 Å². The van der Waals surface area contributed by atoms with Crippen molar-refractivity contribution < 1.29 is 0 Å². The van der Waals surface area contributed by atoms with Crippen molar-refractivity contribution in [3.63, 3.8) is 0 Å². The van der Waals surface area contributed by atoms with E-state index in [0.29, 0.717) is 6.54 Å². The molecule has 0 fully saturated rings. The molecule has 2 N–H and O–H groups in total. The lowest BCUT2D eigenvalue weighted by molar-refractivity contribution is 0.785. The van der Waals surface area contributed by atoms with Gasteiger partial charge in [-0.25, -0.2) is 4.99 Å². The maximum absolute atomic E-state index is 4.54. The lowest BCUT2D eigenvalue weighted by atomic mass is 10.2. The van der Waals surface area contributed by atoms with Gasteiger partial charge in [-0.15, -0.1) is 24.0 Å². The summed E-state index contributed by atoms with van der Waals surface area (Å²) in [5, 5.41) is 6.51. The second-order valence-electron chi connectivity index (χ2n) is 3.75. The number of nitrogens with one attached hydrogen (secondary N) is 2. The molecule has 0 aliphatic heterocycles. The minimum atomic E-state index is 0. The van der Waals surface area contributed by atoms with Crippen LogP contribution in [0.5, 0.6) is 0 Å². The van der Waals surface area contributed by atoms with Crippen molar-refractivity contribution in [2.24, 2.45) is 4.99 Å². The van der Waals surface area contributed by atoms with Crippen LogP contribution in [0, 0.1) is 0 Å². The number of nitrogens with zero attached hydrogens (tertiary/aromatic N) is 1. The van der Waals surface area contributed by atoms with Crippen LogP contribution in [-0.2, 0) is 6.54 Å². The average molecular weight is 426 g/mol. The standard InChI is InChI=1S/C13H20BrN3.HI/c1-3-8-16-13(15-4-2)17-10-11-6-5-7-12(14)9-11;/h5-7,9H,3-4,8,10H2,1-2H3,(H2,15,16,17);1H. The zero-order chi connectivity index (χ0) is 12.5. The average Bonchev–Trinajstić information content (AvgIpc) is 2.33. The summed E-state index contributed by atoms with van der Waals surface area (Å²) in [6, 6.07) is 8.22. The summed E-state index contributed by atoms with van der Waals surface area (Å²) < 4.78 is 1.09. The topological polar surface area (TPSA) is 36.4 Å². The highest BCUT2D eigenvalue weighted by Crippen LogP contribution is 2.12. The molecule has 0 aliphatic rings. The highest BCUT2D eigenvalue weighted by molar-refractivity contribution is 14.0. The molecule has 0 spiro atoms. The second kappa shape index (κ2) is 10.6. The van der Waals surface area contributed by atoms with Crippen LogP contribution < -0.4 is 10.6 Å². The molecule has 0 unspecified atom stereocenters. The smallest absolute Gasteiger partial charge is 0.191 e. The van der Waals surface area contributed by atoms with E-state index >= 15 is 0 Å². The number of hydrogen-bond donors (Lipinski definition) is 2. The summed E-state index contributed by atoms with van der Waals surface area (Å²) in [5.74, 6) is 0.884. The van der Waals surface area contributed by atoms with E-state index in [-0.39, 0.29) is 24.0 Å². The van der Waals surface area contributed by atoms with Crippen LogP contribution in [0.15, 0.2) is 33.7 Å². The van der Waals surface area contributed by atoms with Crippen molar-refractivity contribution in [2.75, 3.05) is 13.1 Å². The second-order valence-corrected chi connectivity index (χ2v) is 4.67. The highest BCUT2D eigenvalue weighted by atomic mass is 127. The molecule has 0 saturated heterocycles. The van der Waals surface area contributed by atoms with Crippen LogP contribution in [0.25, 0.3) is 0 Å². The lowest BCUT2D eigenvalue weighted by Crippen LogP contribution is -2.37. The van der Waals surface area contributed by atoms with E-state index in [4.69, 9.17) is 0 Å². The van der Waals surface area contributed by atoms with E-state index in [9.17, 15) is 0 Å². The maximum Gasteiger partial charge on any atom is 0.191 e. The summed E-state index contributed by atoms with van der Waals surface area (Å²) in [5.41, 5.74) is 1.20. The van der Waals surface area contributed by atoms with E-state index < -0.39 is 0 Å². The molecule has 0 heterocycles. The van der Waals surface area contributed by atoms with Gasteiger partial charge in [0.15, 0.2) is 5.96 Å². The monoisotopic (exact) mass is 425 g/mol. The summed E-state index contributed by atoms with van der Waals surface area (Å²) in [7, 11) is 0. The van der Waals surface area contributed by atoms with Crippen molar-refractivity contribution in [2.45, 2.75) is 26.8 Å². The number of aliphatic imine (C=N–C) groups is 1. The molecule has 102 valence electrons. The first kappa shape index (κ1) is 17.7. The van der Waals surface area contributed by atoms with Crippen molar-refractivity contribution in [1.29, 1.82) is 0 Å². The molecule has 0 atom stereocenters. The number of rotatable bonds is 5. The molecule has 1 aromatic rings. The van der Waals surface area contributed by atoms with E-state index in [0.717, 1.165) is 29.9 Å². The molecular weight excluding hydrogens is 405 g/mol. The Morgan fingerprint density at radius 2 is 2.06 bits per heavy atom. The van der Waals surface area contributed by atoms with Crippen LogP contribution >= 0.6 is 39.9 Å². The third-order valence-corrected chi connectivity index (χ3v) is 2.69. The van der Waals surface area contributed by atoms with Crippen LogP contribution in [0.3, 0.4) is 0 Å². The first-order valence-electron chi connectivity index (χ1n) is 6.03. The van der Waals surface area contributed by atoms with Gasteiger partial charge in [0.25, 0.3) is 0 Å². The molecule has 5 heteroatoms. The molecular formula is C13H21BrIN3. The van der Waals surface area contributed by atoms with Gasteiger partial charge < -0.3 is 10.6 Å². The van der Waals surface area contributed by atoms with Gasteiger partial charge in [-0.1, -0.05) is 35.0 Å². The van der Waals surface area contributed by atoms with Crippen molar-refractivity contribution in [3.8, 4) is 0 Å². The van der Waals surface area contributed by atoms with Gasteiger partial charge in [-0.05, 0) is 31.0 Å². The quantitative estimate of drug-likeness (QED) is 0.430. The molecule has 0 aromatic heterocycles. The molecule has 0 saturated carbocycles. The van der Waals surface area contributed by atoms with Crippen LogP contribution in [-0.4, -0.2) is 19.0 Å². The Balaban J connectivity index is 0.00000289. The number of hydrogen-bond acceptors (Lipinski definition) is 1. The Hall–Kier alpha value is -0.300. The fourth-order valence-corrected chi connectivity index (χ4v) is 1.84. The molecule has 1 rings (SSSR count). The zero-order valence-corrected chi connectivity index (χ0v) is 14.8. The van der Waals surface area contributed by atoms with Gasteiger partial charge in [0.1, 0.15) is 0 Å². The van der Waals surface area contributed by atoms with Crippen LogP contribution in [0.1, 0.15) is 25.8 Å². The van der Waals surface area contributed by atoms with Gasteiger partial charge in [0.2, 0.25) is 0 Å². The van der Waals surface area contributed by atoms with Crippen LogP contribution in [0.4, 0.5) is 0 Å². The number of halogens is 2. The van der Waals surface area contributed by atoms with E-state index in [2.05, 4.69) is 57.5 Å². The predicted octanol–water partition coefficient (Wildman–Crippen LogP) is 3.53. The van der Waals surface area contributed by atoms with E-state index in [1.54, 1.807) is 0 Å². The molecule has 18 heavy (non-hydrogen) atoms. The first-order valence-corrected chi connectivity index (χ1v) is 6.82. The Kier molecular flexibility index (Phi) is 10.4. The van der Waals surface area contributed by atoms with Gasteiger partial charge in [0, 0.05) is 17.6 Å². The lowest BCUT2D eigenvalue weighted by Gasteiger charge is -2.10. The Morgan fingerprint density at radius 3 is 2.67 bits per heavy atom. The van der Waals surface area contributed by atoms with Gasteiger partial charge in [0.05, 0.1) is 6.54 Å². The third kappa shape index (κ3) is 7.20. The van der Waals surface area contributed by atoms with Crippen molar-refractivity contribution in [3.05, 3.63) is 34.3 Å². The minimum Gasteiger partial charge on any atom is -0.357 e. The summed E-state index contributed by atoms with van der Waals surface area (Å²) >= 11 is 3.46. The fraction of sp³-hybridized carbons (Fsp3) is 0.462. The van der Waals surface area contributed by atoms with Crippen molar-refractivity contribution in [1.82, 2.24) is 10.6 Å². The predicted molar refractivity (Wildman–Crippen MR) is 92.7 cm³/mol. The first-order chi connectivity index (χ1) is 8.26. The summed E-state index contributed by atoms with van der Waals surface area (Å²) in [4.78, 5) is 4.54. The maximum atomic E-state index is 4.54. The molecule has 0 amide bonds. The largest absolute Gasteiger partial charge is 0.357 e. The van der Waals surface area contributed by atoms with Crippen molar-refractivity contribution >= 4 is 45.9 Å². The van der Waals surface area contributed by atoms with Crippen LogP contribution in [0.2, 0.25) is 0 Å². The molecule has 0 aliphatic carbocycles. The SMILES string of the molecule is CCCNC(=NCc1cccc(Br)c1)NCC.I. The minimum absolute atomic E-state index is 0. The molecule has 1 aromatic carbocycles. The molecule has 3 nitrogen and oxygen atoms in total. The summed E-state index contributed by atoms with van der Waals surface area (Å²) in [6.45, 7) is 6.74. The highest BCUT2D eigenvalue weighted by Gasteiger charge is 1.96. The Bertz CT molecular complexity index is 369. The summed E-state index contributed by atoms with van der Waals surface area (Å²) in [6.07, 6.45) is 1.10. The molecule has 0 bridgehead atoms. The van der Waals surface area contributed by atoms with Gasteiger partial charge >= 0.3 is 0 Å². The van der Waals surface area contributed by atoms with E-state index in [1.165, 1.54) is 5.56 Å². The Labute approximate surface area is 135 Å². The zero-order valence-electron chi connectivity index (χ0n) is 10.9. The normalized spacial score (nSPS) is 10.7. The fourth-order valence-electron chi connectivity index (χ4n) is 1.39. The van der Waals surface area contributed by atoms with Gasteiger partial charge in [-0.2, -0.15) is 0 Å². The van der Waals surface area contributed by atoms with E-state index in [1.807, 2.05) is 12.1 Å². The Morgan fingerprint density at radius 1 is 1.28 bits per heavy atom.